The standard InChI is InChI=1S/C16H26N2O2/c1-19-15-8-7-13(5-2-3-9-17)11-16(15)20-14-6-4-10-18-12-14/h7-8,11,14,18H,2-6,9-10,12,17H2,1H3. The van der Waals surface area contributed by atoms with Gasteiger partial charge in [-0.1, -0.05) is 6.07 Å². The molecule has 1 unspecified atom stereocenters. The third kappa shape index (κ3) is 4.39. The van der Waals surface area contributed by atoms with E-state index in [0.29, 0.717) is 0 Å². The van der Waals surface area contributed by atoms with Gasteiger partial charge in [0, 0.05) is 6.54 Å². The van der Waals surface area contributed by atoms with Gasteiger partial charge in [-0.3, -0.25) is 0 Å². The summed E-state index contributed by atoms with van der Waals surface area (Å²) in [6, 6.07) is 6.23. The minimum atomic E-state index is 0.247. The molecular weight excluding hydrogens is 252 g/mol. The Morgan fingerprint density at radius 2 is 2.20 bits per heavy atom. The van der Waals surface area contributed by atoms with Crippen molar-refractivity contribution in [3.63, 3.8) is 0 Å². The van der Waals surface area contributed by atoms with Crippen molar-refractivity contribution < 1.29 is 9.47 Å². The first-order valence-corrected chi connectivity index (χ1v) is 7.58. The highest BCUT2D eigenvalue weighted by Gasteiger charge is 2.16. The van der Waals surface area contributed by atoms with Crippen molar-refractivity contribution in [2.45, 2.75) is 38.2 Å². The number of hydrogen-bond donors (Lipinski definition) is 2. The third-order valence-electron chi connectivity index (χ3n) is 3.69. The number of hydrogen-bond acceptors (Lipinski definition) is 4. The molecule has 1 heterocycles. The van der Waals surface area contributed by atoms with Gasteiger partial charge >= 0.3 is 0 Å². The van der Waals surface area contributed by atoms with Gasteiger partial charge in [0.15, 0.2) is 11.5 Å². The number of ether oxygens (including phenoxy) is 2. The molecule has 1 aliphatic rings. The van der Waals surface area contributed by atoms with E-state index in [4.69, 9.17) is 15.2 Å². The summed E-state index contributed by atoms with van der Waals surface area (Å²) in [5, 5.41) is 3.37. The zero-order valence-electron chi connectivity index (χ0n) is 12.4. The van der Waals surface area contributed by atoms with Crippen molar-refractivity contribution in [1.82, 2.24) is 5.32 Å². The molecule has 4 heteroatoms. The van der Waals surface area contributed by atoms with Crippen molar-refractivity contribution in [1.29, 1.82) is 0 Å². The third-order valence-corrected chi connectivity index (χ3v) is 3.69. The molecular formula is C16H26N2O2. The summed E-state index contributed by atoms with van der Waals surface area (Å²) in [6.45, 7) is 2.77. The van der Waals surface area contributed by atoms with Crippen LogP contribution in [0.3, 0.4) is 0 Å². The molecule has 0 spiro atoms. The van der Waals surface area contributed by atoms with E-state index in [0.717, 1.165) is 56.8 Å². The van der Waals surface area contributed by atoms with E-state index in [1.165, 1.54) is 12.0 Å². The average Bonchev–Trinajstić information content (AvgIpc) is 2.49. The summed E-state index contributed by atoms with van der Waals surface area (Å²) in [5.41, 5.74) is 6.83. The molecule has 1 aliphatic heterocycles. The normalized spacial score (nSPS) is 18.8. The van der Waals surface area contributed by atoms with Crippen molar-refractivity contribution in [3.05, 3.63) is 23.8 Å². The van der Waals surface area contributed by atoms with Crippen LogP contribution in [0.2, 0.25) is 0 Å². The fourth-order valence-corrected chi connectivity index (χ4v) is 2.54. The van der Waals surface area contributed by atoms with Crippen LogP contribution in [-0.4, -0.2) is 32.8 Å². The Labute approximate surface area is 121 Å². The summed E-state index contributed by atoms with van der Waals surface area (Å²) in [7, 11) is 1.69. The van der Waals surface area contributed by atoms with E-state index in [2.05, 4.69) is 17.4 Å². The predicted octanol–water partition coefficient (Wildman–Crippen LogP) is 2.11. The lowest BCUT2D eigenvalue weighted by Gasteiger charge is -2.25. The first kappa shape index (κ1) is 15.1. The molecule has 1 saturated heterocycles. The van der Waals surface area contributed by atoms with E-state index >= 15 is 0 Å². The Hall–Kier alpha value is -1.26. The van der Waals surface area contributed by atoms with Gasteiger partial charge in [0.1, 0.15) is 6.10 Å². The number of rotatable bonds is 7. The molecule has 1 fully saturated rings. The zero-order chi connectivity index (χ0) is 14.2. The second-order valence-electron chi connectivity index (χ2n) is 5.32. The summed E-state index contributed by atoms with van der Waals surface area (Å²) in [5.74, 6) is 1.68. The Balaban J connectivity index is 2.01. The molecule has 1 aromatic rings. The lowest BCUT2D eigenvalue weighted by molar-refractivity contribution is 0.161. The highest BCUT2D eigenvalue weighted by molar-refractivity contribution is 5.43. The zero-order valence-corrected chi connectivity index (χ0v) is 12.4. The van der Waals surface area contributed by atoms with E-state index in [9.17, 15) is 0 Å². The first-order chi connectivity index (χ1) is 9.83. The van der Waals surface area contributed by atoms with Gasteiger partial charge in [-0.25, -0.2) is 0 Å². The SMILES string of the molecule is COc1ccc(CCCCN)cc1OC1CCCNC1. The molecule has 0 saturated carbocycles. The van der Waals surface area contributed by atoms with Gasteiger partial charge in [0.05, 0.1) is 7.11 Å². The van der Waals surface area contributed by atoms with Crippen LogP contribution in [-0.2, 0) is 6.42 Å². The van der Waals surface area contributed by atoms with Crippen LogP contribution >= 0.6 is 0 Å². The van der Waals surface area contributed by atoms with E-state index in [1.54, 1.807) is 7.11 Å². The topological polar surface area (TPSA) is 56.5 Å². The molecule has 112 valence electrons. The highest BCUT2D eigenvalue weighted by Crippen LogP contribution is 2.30. The number of methoxy groups -OCH3 is 1. The number of nitrogens with two attached hydrogens (primary N) is 1. The van der Waals surface area contributed by atoms with Gasteiger partial charge in [-0.05, 0) is 62.9 Å². The van der Waals surface area contributed by atoms with E-state index in [-0.39, 0.29) is 6.10 Å². The Morgan fingerprint density at radius 3 is 2.90 bits per heavy atom. The van der Waals surface area contributed by atoms with Crippen molar-refractivity contribution in [2.75, 3.05) is 26.7 Å². The van der Waals surface area contributed by atoms with Crippen molar-refractivity contribution >= 4 is 0 Å². The van der Waals surface area contributed by atoms with Crippen LogP contribution in [0.15, 0.2) is 18.2 Å². The second-order valence-corrected chi connectivity index (χ2v) is 5.32. The molecule has 0 radical (unpaired) electrons. The highest BCUT2D eigenvalue weighted by atomic mass is 16.5. The lowest BCUT2D eigenvalue weighted by atomic mass is 10.1. The van der Waals surface area contributed by atoms with E-state index < -0.39 is 0 Å². The fraction of sp³-hybridized carbons (Fsp3) is 0.625. The lowest BCUT2D eigenvalue weighted by Crippen LogP contribution is -2.37. The van der Waals surface area contributed by atoms with Crippen LogP contribution in [0.1, 0.15) is 31.2 Å². The number of unbranched alkanes of at least 4 members (excludes halogenated alkanes) is 1. The maximum absolute atomic E-state index is 6.11. The van der Waals surface area contributed by atoms with Crippen LogP contribution < -0.4 is 20.5 Å². The summed E-state index contributed by atoms with van der Waals surface area (Å²) in [6.07, 6.45) is 5.75. The fourth-order valence-electron chi connectivity index (χ4n) is 2.54. The monoisotopic (exact) mass is 278 g/mol. The number of nitrogens with one attached hydrogen (secondary N) is 1. The molecule has 20 heavy (non-hydrogen) atoms. The summed E-state index contributed by atoms with van der Waals surface area (Å²) >= 11 is 0. The Kier molecular flexibility index (Phi) is 6.15. The van der Waals surface area contributed by atoms with Gasteiger partial charge in [-0.15, -0.1) is 0 Å². The van der Waals surface area contributed by atoms with Crippen LogP contribution in [0, 0.1) is 0 Å². The van der Waals surface area contributed by atoms with Gasteiger partial charge in [0.25, 0.3) is 0 Å². The maximum atomic E-state index is 6.11. The average molecular weight is 278 g/mol. The molecule has 0 aromatic heterocycles. The molecule has 0 bridgehead atoms. The number of aryl methyl sites for hydroxylation is 1. The molecule has 1 aromatic carbocycles. The van der Waals surface area contributed by atoms with Crippen LogP contribution in [0.25, 0.3) is 0 Å². The quantitative estimate of drug-likeness (QED) is 0.750. The van der Waals surface area contributed by atoms with Gasteiger partial charge < -0.3 is 20.5 Å². The Morgan fingerprint density at radius 1 is 1.30 bits per heavy atom. The predicted molar refractivity (Wildman–Crippen MR) is 81.5 cm³/mol. The largest absolute Gasteiger partial charge is 0.493 e. The number of piperidine rings is 1. The smallest absolute Gasteiger partial charge is 0.161 e. The minimum Gasteiger partial charge on any atom is -0.493 e. The Bertz CT molecular complexity index is 403. The molecule has 0 aliphatic carbocycles. The molecule has 4 nitrogen and oxygen atoms in total. The first-order valence-electron chi connectivity index (χ1n) is 7.58. The molecule has 1 atom stereocenters. The molecule has 2 rings (SSSR count). The molecule has 0 amide bonds. The summed E-state index contributed by atoms with van der Waals surface area (Å²) in [4.78, 5) is 0. The van der Waals surface area contributed by atoms with Crippen molar-refractivity contribution in [3.8, 4) is 11.5 Å². The van der Waals surface area contributed by atoms with E-state index in [1.807, 2.05) is 6.07 Å². The second kappa shape index (κ2) is 8.12. The minimum absolute atomic E-state index is 0.247. The van der Waals surface area contributed by atoms with Crippen LogP contribution in [0.5, 0.6) is 11.5 Å². The summed E-state index contributed by atoms with van der Waals surface area (Å²) < 4.78 is 11.5. The van der Waals surface area contributed by atoms with Gasteiger partial charge in [0.2, 0.25) is 0 Å². The van der Waals surface area contributed by atoms with Gasteiger partial charge in [-0.2, -0.15) is 0 Å². The maximum Gasteiger partial charge on any atom is 0.161 e. The van der Waals surface area contributed by atoms with Crippen LogP contribution in [0.4, 0.5) is 0 Å². The number of benzene rings is 1. The van der Waals surface area contributed by atoms with Crippen molar-refractivity contribution in [2.24, 2.45) is 5.73 Å². The molecule has 3 N–H and O–H groups in total.